The standard InChI is InChI=1S/C16H9ClF6N4O/c17-9-5-4-7(6-8(9)15(18,19)20)27(14(24)28)11-3-1-2-10-12(11)26-13(25-10)16(21,22)23/h1-6H,(H2,24,28)(H,25,26). The smallest absolute Gasteiger partial charge is 0.351 e. The Morgan fingerprint density at radius 1 is 1.07 bits per heavy atom. The molecule has 0 fully saturated rings. The van der Waals surface area contributed by atoms with E-state index in [2.05, 4.69) is 4.98 Å². The first-order valence-electron chi connectivity index (χ1n) is 7.42. The zero-order valence-corrected chi connectivity index (χ0v) is 14.2. The number of anilines is 2. The highest BCUT2D eigenvalue weighted by atomic mass is 35.5. The van der Waals surface area contributed by atoms with E-state index in [1.807, 2.05) is 4.98 Å². The number of fused-ring (bicyclic) bond motifs is 1. The van der Waals surface area contributed by atoms with E-state index in [1.165, 1.54) is 18.2 Å². The largest absolute Gasteiger partial charge is 0.449 e. The molecule has 148 valence electrons. The zero-order valence-electron chi connectivity index (χ0n) is 13.5. The molecule has 0 atom stereocenters. The summed E-state index contributed by atoms with van der Waals surface area (Å²) in [6.07, 6.45) is -9.62. The molecule has 5 nitrogen and oxygen atoms in total. The van der Waals surface area contributed by atoms with Gasteiger partial charge in [-0.3, -0.25) is 4.90 Å². The van der Waals surface area contributed by atoms with Crippen LogP contribution in [0.5, 0.6) is 0 Å². The Labute approximate surface area is 157 Å². The number of para-hydroxylation sites is 1. The number of nitrogens with two attached hydrogens (primary N) is 1. The lowest BCUT2D eigenvalue weighted by molar-refractivity contribution is -0.144. The van der Waals surface area contributed by atoms with Crippen LogP contribution in [0.25, 0.3) is 11.0 Å². The number of alkyl halides is 6. The van der Waals surface area contributed by atoms with E-state index >= 15 is 0 Å². The van der Waals surface area contributed by atoms with E-state index < -0.39 is 34.8 Å². The second kappa shape index (κ2) is 6.59. The number of carbonyl (C=O) groups is 1. The maximum atomic E-state index is 13.1. The van der Waals surface area contributed by atoms with Crippen molar-refractivity contribution in [1.82, 2.24) is 9.97 Å². The number of hydrogen-bond donors (Lipinski definition) is 2. The van der Waals surface area contributed by atoms with Crippen LogP contribution < -0.4 is 10.6 Å². The number of benzene rings is 2. The maximum absolute atomic E-state index is 13.1. The summed E-state index contributed by atoms with van der Waals surface area (Å²) in [5.41, 5.74) is 3.12. The van der Waals surface area contributed by atoms with Gasteiger partial charge in [0, 0.05) is 0 Å². The first kappa shape index (κ1) is 19.8. The Kier molecular flexibility index (Phi) is 4.66. The third-order valence-corrected chi connectivity index (χ3v) is 4.06. The third-order valence-electron chi connectivity index (χ3n) is 3.73. The summed E-state index contributed by atoms with van der Waals surface area (Å²) in [4.78, 5) is 18.1. The van der Waals surface area contributed by atoms with Crippen LogP contribution in [0.2, 0.25) is 5.02 Å². The molecule has 0 saturated heterocycles. The molecular formula is C16H9ClF6N4O. The van der Waals surface area contributed by atoms with Crippen LogP contribution in [0, 0.1) is 0 Å². The van der Waals surface area contributed by atoms with Crippen molar-refractivity contribution in [2.45, 2.75) is 12.4 Å². The molecule has 3 N–H and O–H groups in total. The summed E-state index contributed by atoms with van der Waals surface area (Å²) >= 11 is 5.56. The van der Waals surface area contributed by atoms with Crippen molar-refractivity contribution < 1.29 is 31.1 Å². The molecule has 0 spiro atoms. The molecule has 3 rings (SSSR count). The van der Waals surface area contributed by atoms with Crippen LogP contribution in [-0.2, 0) is 12.4 Å². The summed E-state index contributed by atoms with van der Waals surface area (Å²) in [6, 6.07) is 5.11. The Morgan fingerprint density at radius 2 is 1.75 bits per heavy atom. The Morgan fingerprint density at radius 3 is 2.32 bits per heavy atom. The maximum Gasteiger partial charge on any atom is 0.449 e. The van der Waals surface area contributed by atoms with Crippen molar-refractivity contribution in [3.05, 3.63) is 52.8 Å². The van der Waals surface area contributed by atoms with Gasteiger partial charge in [-0.2, -0.15) is 26.3 Å². The van der Waals surface area contributed by atoms with Crippen molar-refractivity contribution in [2.75, 3.05) is 4.90 Å². The highest BCUT2D eigenvalue weighted by Crippen LogP contribution is 2.40. The second-order valence-corrected chi connectivity index (χ2v) is 6.00. The van der Waals surface area contributed by atoms with Crippen LogP contribution in [-0.4, -0.2) is 16.0 Å². The summed E-state index contributed by atoms with van der Waals surface area (Å²) in [5.74, 6) is -1.33. The molecule has 1 heterocycles. The van der Waals surface area contributed by atoms with Gasteiger partial charge in [-0.05, 0) is 30.3 Å². The normalized spacial score (nSPS) is 12.4. The fraction of sp³-hybridized carbons (Fsp3) is 0.125. The average Bonchev–Trinajstić information content (AvgIpc) is 3.00. The summed E-state index contributed by atoms with van der Waals surface area (Å²) < 4.78 is 78.2. The molecule has 12 heteroatoms. The minimum Gasteiger partial charge on any atom is -0.351 e. The van der Waals surface area contributed by atoms with Gasteiger partial charge in [-0.1, -0.05) is 17.7 Å². The number of aromatic amines is 1. The first-order valence-corrected chi connectivity index (χ1v) is 7.79. The van der Waals surface area contributed by atoms with Gasteiger partial charge in [-0.25, -0.2) is 9.78 Å². The third kappa shape index (κ3) is 3.57. The fourth-order valence-corrected chi connectivity index (χ4v) is 2.81. The quantitative estimate of drug-likeness (QED) is 0.537. The monoisotopic (exact) mass is 422 g/mol. The number of imidazole rings is 1. The molecule has 1 aromatic heterocycles. The highest BCUT2D eigenvalue weighted by molar-refractivity contribution is 6.31. The van der Waals surface area contributed by atoms with E-state index in [-0.39, 0.29) is 22.4 Å². The number of halogens is 7. The number of rotatable bonds is 2. The Bertz CT molecular complexity index is 1060. The number of urea groups is 1. The Hall–Kier alpha value is -2.95. The molecule has 0 radical (unpaired) electrons. The number of nitrogens with one attached hydrogen (secondary N) is 1. The molecule has 0 aliphatic carbocycles. The van der Waals surface area contributed by atoms with Gasteiger partial charge in [0.25, 0.3) is 0 Å². The Balaban J connectivity index is 2.22. The molecule has 0 bridgehead atoms. The minimum absolute atomic E-state index is 0.0823. The molecule has 28 heavy (non-hydrogen) atoms. The predicted molar refractivity (Wildman–Crippen MR) is 89.3 cm³/mol. The number of primary amides is 1. The van der Waals surface area contributed by atoms with Crippen molar-refractivity contribution in [2.24, 2.45) is 5.73 Å². The summed E-state index contributed by atoms with van der Waals surface area (Å²) in [7, 11) is 0. The first-order chi connectivity index (χ1) is 12.9. The second-order valence-electron chi connectivity index (χ2n) is 5.59. The summed E-state index contributed by atoms with van der Waals surface area (Å²) in [5, 5.41) is -0.613. The predicted octanol–water partition coefficient (Wildman–Crippen LogP) is 5.47. The van der Waals surface area contributed by atoms with E-state index in [0.717, 1.165) is 12.1 Å². The molecule has 2 amide bonds. The van der Waals surface area contributed by atoms with Gasteiger partial charge < -0.3 is 10.7 Å². The topological polar surface area (TPSA) is 75.0 Å². The van der Waals surface area contributed by atoms with Crippen molar-refractivity contribution >= 4 is 40.0 Å². The molecule has 0 unspecified atom stereocenters. The van der Waals surface area contributed by atoms with Gasteiger partial charge >= 0.3 is 18.4 Å². The van der Waals surface area contributed by atoms with Crippen molar-refractivity contribution in [3.63, 3.8) is 0 Å². The van der Waals surface area contributed by atoms with E-state index in [4.69, 9.17) is 17.3 Å². The van der Waals surface area contributed by atoms with Gasteiger partial charge in [0.1, 0.15) is 5.52 Å². The molecule has 2 aromatic carbocycles. The van der Waals surface area contributed by atoms with E-state index in [9.17, 15) is 31.1 Å². The van der Waals surface area contributed by atoms with Crippen LogP contribution in [0.4, 0.5) is 42.5 Å². The van der Waals surface area contributed by atoms with Crippen LogP contribution in [0.3, 0.4) is 0 Å². The minimum atomic E-state index is -4.82. The van der Waals surface area contributed by atoms with Gasteiger partial charge in [0.05, 0.1) is 27.5 Å². The van der Waals surface area contributed by atoms with Crippen LogP contribution in [0.15, 0.2) is 36.4 Å². The van der Waals surface area contributed by atoms with Crippen LogP contribution >= 0.6 is 11.6 Å². The van der Waals surface area contributed by atoms with E-state index in [0.29, 0.717) is 11.0 Å². The molecule has 3 aromatic rings. The molecule has 0 aliphatic rings. The highest BCUT2D eigenvalue weighted by Gasteiger charge is 2.36. The average molecular weight is 423 g/mol. The SMILES string of the molecule is NC(=O)N(c1ccc(Cl)c(C(F)(F)F)c1)c1cccc2[nH]c(C(F)(F)F)nc12. The van der Waals surface area contributed by atoms with Crippen molar-refractivity contribution in [3.8, 4) is 0 Å². The molecule has 0 aliphatic heterocycles. The van der Waals surface area contributed by atoms with Gasteiger partial charge in [0.15, 0.2) is 0 Å². The lowest BCUT2D eigenvalue weighted by atomic mass is 10.1. The lowest BCUT2D eigenvalue weighted by Crippen LogP contribution is -2.31. The molecule has 0 saturated carbocycles. The number of H-pyrrole nitrogens is 1. The lowest BCUT2D eigenvalue weighted by Gasteiger charge is -2.22. The van der Waals surface area contributed by atoms with E-state index in [1.54, 1.807) is 0 Å². The molecular weight excluding hydrogens is 414 g/mol. The van der Waals surface area contributed by atoms with Crippen molar-refractivity contribution in [1.29, 1.82) is 0 Å². The van der Waals surface area contributed by atoms with Gasteiger partial charge in [0.2, 0.25) is 5.82 Å². The number of nitrogens with zero attached hydrogens (tertiary/aromatic N) is 2. The summed E-state index contributed by atoms with van der Waals surface area (Å²) in [6.45, 7) is 0. The zero-order chi connectivity index (χ0) is 20.9. The van der Waals surface area contributed by atoms with Crippen LogP contribution in [0.1, 0.15) is 11.4 Å². The number of amides is 2. The fourth-order valence-electron chi connectivity index (χ4n) is 2.59. The number of carbonyl (C=O) groups excluding carboxylic acids is 1. The number of aromatic nitrogens is 2. The van der Waals surface area contributed by atoms with Gasteiger partial charge in [-0.15, -0.1) is 0 Å². The number of hydrogen-bond acceptors (Lipinski definition) is 2.